The maximum absolute atomic E-state index is 11.9. The first-order chi connectivity index (χ1) is 8.32. The van der Waals surface area contributed by atoms with Crippen LogP contribution in [0.25, 0.3) is 0 Å². The molecule has 0 aromatic rings. The van der Waals surface area contributed by atoms with Crippen LogP contribution in [0.3, 0.4) is 0 Å². The van der Waals surface area contributed by atoms with Gasteiger partial charge in [-0.3, -0.25) is 0 Å². The monoisotopic (exact) mass is 280 g/mol. The topological polar surface area (TPSA) is 107 Å². The lowest BCUT2D eigenvalue weighted by Crippen LogP contribution is -2.53. The lowest BCUT2D eigenvalue weighted by atomic mass is 10.0. The van der Waals surface area contributed by atoms with Crippen molar-refractivity contribution in [3.05, 3.63) is 0 Å². The second-order valence-corrected chi connectivity index (χ2v) is 6.95. The van der Waals surface area contributed by atoms with Gasteiger partial charge >= 0.3 is 6.03 Å². The molecule has 1 rings (SSSR count). The molecule has 3 N–H and O–H groups in total. The molecule has 7 nitrogen and oxygen atoms in total. The summed E-state index contributed by atoms with van der Waals surface area (Å²) >= 11 is 0. The second kappa shape index (κ2) is 5.85. The Morgan fingerprint density at radius 1 is 1.33 bits per heavy atom. The van der Waals surface area contributed by atoms with Gasteiger partial charge in [-0.1, -0.05) is 0 Å². The number of carbonyl (C=O) groups excluding carboxylic acids is 1. The van der Waals surface area contributed by atoms with E-state index in [1.54, 1.807) is 6.92 Å². The predicted octanol–water partition coefficient (Wildman–Crippen LogP) is -1.44. The first-order valence-corrected chi connectivity index (χ1v) is 7.63. The number of hydrogen-bond donors (Lipinski definition) is 3. The number of nitrogens with zero attached hydrogens (tertiary/aromatic N) is 1. The number of aliphatic hydroxyl groups excluding tert-OH is 2. The van der Waals surface area contributed by atoms with Crippen molar-refractivity contribution in [1.82, 2.24) is 10.2 Å². The number of urea groups is 1. The van der Waals surface area contributed by atoms with Crippen LogP contribution in [-0.2, 0) is 9.84 Å². The van der Waals surface area contributed by atoms with Crippen LogP contribution in [0, 0.1) is 0 Å². The average Bonchev–Trinajstić information content (AvgIpc) is 2.52. The molecule has 106 valence electrons. The molecule has 1 aliphatic heterocycles. The Morgan fingerprint density at radius 2 is 1.89 bits per heavy atom. The third kappa shape index (κ3) is 4.11. The molecule has 1 saturated heterocycles. The fourth-order valence-corrected chi connectivity index (χ4v) is 4.10. The van der Waals surface area contributed by atoms with Crippen LogP contribution in [0.2, 0.25) is 0 Å². The van der Waals surface area contributed by atoms with Gasteiger partial charge in [-0.25, -0.2) is 13.2 Å². The van der Waals surface area contributed by atoms with Crippen molar-refractivity contribution in [1.29, 1.82) is 0 Å². The number of nitrogens with one attached hydrogen (secondary N) is 1. The van der Waals surface area contributed by atoms with Crippen LogP contribution in [0.15, 0.2) is 0 Å². The van der Waals surface area contributed by atoms with Gasteiger partial charge in [0, 0.05) is 13.1 Å². The van der Waals surface area contributed by atoms with Gasteiger partial charge in [0.2, 0.25) is 0 Å². The Balaban J connectivity index is 2.63. The van der Waals surface area contributed by atoms with E-state index in [0.29, 0.717) is 6.42 Å². The van der Waals surface area contributed by atoms with Crippen LogP contribution in [0.5, 0.6) is 0 Å². The standard InChI is InChI=1S/C10H20N2O5S/c1-10(2-7-18(16,17)8-10)11-9(15)12(3-5-13)4-6-14/h13-14H,2-8H2,1H3,(H,11,15)/t10-/m0/s1. The maximum Gasteiger partial charge on any atom is 0.318 e. The van der Waals surface area contributed by atoms with E-state index in [1.807, 2.05) is 0 Å². The average molecular weight is 280 g/mol. The summed E-state index contributed by atoms with van der Waals surface area (Å²) in [5, 5.41) is 20.3. The molecular weight excluding hydrogens is 260 g/mol. The Bertz CT molecular complexity index is 391. The molecule has 1 aliphatic rings. The van der Waals surface area contributed by atoms with Gasteiger partial charge in [-0.15, -0.1) is 0 Å². The largest absolute Gasteiger partial charge is 0.395 e. The number of aliphatic hydroxyl groups is 2. The Hall–Kier alpha value is -0.860. The van der Waals surface area contributed by atoms with E-state index in [0.717, 1.165) is 0 Å². The zero-order chi connectivity index (χ0) is 13.8. The minimum Gasteiger partial charge on any atom is -0.395 e. The maximum atomic E-state index is 11.9. The molecule has 0 aromatic heterocycles. The molecule has 18 heavy (non-hydrogen) atoms. The van der Waals surface area contributed by atoms with E-state index in [-0.39, 0.29) is 37.8 Å². The van der Waals surface area contributed by atoms with E-state index < -0.39 is 21.4 Å². The van der Waals surface area contributed by atoms with Crippen molar-refractivity contribution in [3.63, 3.8) is 0 Å². The summed E-state index contributed by atoms with van der Waals surface area (Å²) in [6.45, 7) is 1.49. The van der Waals surface area contributed by atoms with E-state index in [2.05, 4.69) is 5.32 Å². The van der Waals surface area contributed by atoms with Gasteiger partial charge in [0.25, 0.3) is 0 Å². The first-order valence-electron chi connectivity index (χ1n) is 5.81. The van der Waals surface area contributed by atoms with Crippen LogP contribution < -0.4 is 5.32 Å². The lowest BCUT2D eigenvalue weighted by molar-refractivity contribution is 0.151. The summed E-state index contributed by atoms with van der Waals surface area (Å²) < 4.78 is 22.8. The fraction of sp³-hybridized carbons (Fsp3) is 0.900. The van der Waals surface area contributed by atoms with Gasteiger partial charge in [0.05, 0.1) is 30.3 Å². The minimum absolute atomic E-state index is 0.0716. The Morgan fingerprint density at radius 3 is 2.28 bits per heavy atom. The van der Waals surface area contributed by atoms with Crippen molar-refractivity contribution >= 4 is 15.9 Å². The summed E-state index contributed by atoms with van der Waals surface area (Å²) in [7, 11) is -3.08. The van der Waals surface area contributed by atoms with E-state index in [9.17, 15) is 13.2 Å². The molecule has 1 heterocycles. The number of carbonyl (C=O) groups is 1. The Kier molecular flexibility index (Phi) is 4.94. The van der Waals surface area contributed by atoms with E-state index in [1.165, 1.54) is 4.90 Å². The molecule has 0 unspecified atom stereocenters. The minimum atomic E-state index is -3.08. The van der Waals surface area contributed by atoms with Crippen LogP contribution in [-0.4, -0.2) is 72.9 Å². The molecule has 0 bridgehead atoms. The van der Waals surface area contributed by atoms with E-state index in [4.69, 9.17) is 10.2 Å². The molecule has 0 spiro atoms. The normalized spacial score (nSPS) is 25.9. The molecule has 0 aliphatic carbocycles. The van der Waals surface area contributed by atoms with Crippen molar-refractivity contribution in [2.75, 3.05) is 37.8 Å². The predicted molar refractivity (Wildman–Crippen MR) is 66.0 cm³/mol. The highest BCUT2D eigenvalue weighted by Crippen LogP contribution is 2.22. The highest BCUT2D eigenvalue weighted by Gasteiger charge is 2.40. The molecule has 0 saturated carbocycles. The molecular formula is C10H20N2O5S. The summed E-state index contributed by atoms with van der Waals surface area (Å²) in [6, 6.07) is -0.460. The quantitative estimate of drug-likeness (QED) is 0.572. The molecule has 8 heteroatoms. The van der Waals surface area contributed by atoms with Gasteiger partial charge in [0.15, 0.2) is 9.84 Å². The summed E-state index contributed by atoms with van der Waals surface area (Å²) in [5.41, 5.74) is -0.765. The molecule has 2 amide bonds. The van der Waals surface area contributed by atoms with Gasteiger partial charge in [-0.2, -0.15) is 0 Å². The van der Waals surface area contributed by atoms with Crippen molar-refractivity contribution in [3.8, 4) is 0 Å². The van der Waals surface area contributed by atoms with Gasteiger partial charge in [-0.05, 0) is 13.3 Å². The zero-order valence-electron chi connectivity index (χ0n) is 10.4. The third-order valence-corrected chi connectivity index (χ3v) is 4.84. The van der Waals surface area contributed by atoms with Crippen molar-refractivity contribution in [2.24, 2.45) is 0 Å². The SMILES string of the molecule is C[C@]1(NC(=O)N(CCO)CCO)CCS(=O)(=O)C1. The lowest BCUT2D eigenvalue weighted by Gasteiger charge is -2.29. The highest BCUT2D eigenvalue weighted by molar-refractivity contribution is 7.91. The first kappa shape index (κ1) is 15.2. The number of sulfone groups is 1. The summed E-state index contributed by atoms with van der Waals surface area (Å²) in [5.74, 6) is 0.00160. The molecule has 1 atom stereocenters. The number of rotatable bonds is 5. The van der Waals surface area contributed by atoms with Crippen molar-refractivity contribution in [2.45, 2.75) is 18.9 Å². The smallest absolute Gasteiger partial charge is 0.318 e. The van der Waals surface area contributed by atoms with Crippen molar-refractivity contribution < 1.29 is 23.4 Å². The zero-order valence-corrected chi connectivity index (χ0v) is 11.2. The van der Waals surface area contributed by atoms with Crippen LogP contribution >= 0.6 is 0 Å². The number of amides is 2. The van der Waals surface area contributed by atoms with Crippen LogP contribution in [0.4, 0.5) is 4.79 Å². The second-order valence-electron chi connectivity index (χ2n) is 4.77. The Labute approximate surface area is 107 Å². The molecule has 0 radical (unpaired) electrons. The van der Waals surface area contributed by atoms with Gasteiger partial charge < -0.3 is 20.4 Å². The number of hydrogen-bond acceptors (Lipinski definition) is 5. The fourth-order valence-electron chi connectivity index (χ4n) is 2.00. The van der Waals surface area contributed by atoms with E-state index >= 15 is 0 Å². The summed E-state index contributed by atoms with van der Waals surface area (Å²) in [6.07, 6.45) is 0.382. The molecule has 1 fully saturated rings. The summed E-state index contributed by atoms with van der Waals surface area (Å²) in [4.78, 5) is 13.2. The third-order valence-electron chi connectivity index (χ3n) is 2.94. The van der Waals surface area contributed by atoms with Crippen LogP contribution in [0.1, 0.15) is 13.3 Å². The van der Waals surface area contributed by atoms with Gasteiger partial charge in [0.1, 0.15) is 0 Å². The highest BCUT2D eigenvalue weighted by atomic mass is 32.2. The molecule has 0 aromatic carbocycles.